The molecule has 1 aromatic rings. The highest BCUT2D eigenvalue weighted by atomic mass is 19.4. The summed E-state index contributed by atoms with van der Waals surface area (Å²) in [6, 6.07) is 1.79. The van der Waals surface area contributed by atoms with Gasteiger partial charge in [0, 0.05) is 0 Å². The molecule has 92 valence electrons. The fourth-order valence-electron chi connectivity index (χ4n) is 1.19. The fourth-order valence-corrected chi connectivity index (χ4v) is 1.19. The second-order valence-corrected chi connectivity index (χ2v) is 3.09. The van der Waals surface area contributed by atoms with Gasteiger partial charge >= 0.3 is 12.4 Å². The molecule has 2 N–H and O–H groups in total. The van der Waals surface area contributed by atoms with E-state index in [1.54, 1.807) is 0 Å². The average Bonchev–Trinajstić information content (AvgIpc) is 2.14. The van der Waals surface area contributed by atoms with Gasteiger partial charge in [-0.3, -0.25) is 0 Å². The molecule has 17 heavy (non-hydrogen) atoms. The van der Waals surface area contributed by atoms with Crippen molar-refractivity contribution in [2.45, 2.75) is 12.4 Å². The molecule has 0 radical (unpaired) electrons. The first kappa shape index (κ1) is 13.2. The van der Waals surface area contributed by atoms with E-state index in [1.165, 1.54) is 6.07 Å². The van der Waals surface area contributed by atoms with Crippen LogP contribution in [0.3, 0.4) is 0 Å². The number of benzene rings is 1. The summed E-state index contributed by atoms with van der Waals surface area (Å²) >= 11 is 0. The topological polar surface area (TPSA) is 49.8 Å². The second-order valence-electron chi connectivity index (χ2n) is 3.09. The van der Waals surface area contributed by atoms with Crippen LogP contribution in [0.4, 0.5) is 32.0 Å². The van der Waals surface area contributed by atoms with Crippen molar-refractivity contribution in [3.05, 3.63) is 28.8 Å². The SMILES string of the molecule is N#Cc1cc(C(F)(F)F)c(N)c(C(F)(F)F)c1. The van der Waals surface area contributed by atoms with Gasteiger partial charge in [-0.25, -0.2) is 0 Å². The lowest BCUT2D eigenvalue weighted by Crippen LogP contribution is -2.16. The van der Waals surface area contributed by atoms with E-state index in [1.807, 2.05) is 0 Å². The Morgan fingerprint density at radius 3 is 1.53 bits per heavy atom. The molecule has 0 saturated carbocycles. The Balaban J connectivity index is 3.61. The third-order valence-electron chi connectivity index (χ3n) is 1.92. The minimum Gasteiger partial charge on any atom is -0.398 e. The number of alkyl halides is 6. The monoisotopic (exact) mass is 254 g/mol. The molecule has 0 aliphatic heterocycles. The molecule has 0 amide bonds. The van der Waals surface area contributed by atoms with Crippen LogP contribution >= 0.6 is 0 Å². The molecule has 0 bridgehead atoms. The van der Waals surface area contributed by atoms with E-state index >= 15 is 0 Å². The summed E-state index contributed by atoms with van der Waals surface area (Å²) in [5.41, 5.74) is -0.674. The van der Waals surface area contributed by atoms with E-state index in [4.69, 9.17) is 11.0 Å². The number of nitrogens with zero attached hydrogens (tertiary/aromatic N) is 1. The van der Waals surface area contributed by atoms with Crippen LogP contribution in [0.2, 0.25) is 0 Å². The van der Waals surface area contributed by atoms with Crippen molar-refractivity contribution in [1.82, 2.24) is 0 Å². The number of halogens is 6. The summed E-state index contributed by atoms with van der Waals surface area (Å²) in [7, 11) is 0. The van der Waals surface area contributed by atoms with E-state index in [2.05, 4.69) is 0 Å². The second kappa shape index (κ2) is 3.84. The van der Waals surface area contributed by atoms with E-state index in [-0.39, 0.29) is 12.1 Å². The Labute approximate surface area is 91.3 Å². The van der Waals surface area contributed by atoms with Crippen molar-refractivity contribution in [2.75, 3.05) is 5.73 Å². The van der Waals surface area contributed by atoms with Crippen molar-refractivity contribution >= 4 is 5.69 Å². The normalized spacial score (nSPS) is 12.3. The van der Waals surface area contributed by atoms with Crippen LogP contribution in [0.1, 0.15) is 16.7 Å². The zero-order valence-corrected chi connectivity index (χ0v) is 7.95. The molecule has 2 nitrogen and oxygen atoms in total. The minimum atomic E-state index is -5.04. The fraction of sp³-hybridized carbons (Fsp3) is 0.222. The largest absolute Gasteiger partial charge is 0.418 e. The maximum Gasteiger partial charge on any atom is 0.418 e. The van der Waals surface area contributed by atoms with Crippen molar-refractivity contribution < 1.29 is 26.3 Å². The van der Waals surface area contributed by atoms with Gasteiger partial charge in [-0.15, -0.1) is 0 Å². The number of nitrogens with two attached hydrogens (primary N) is 1. The Morgan fingerprint density at radius 2 is 1.29 bits per heavy atom. The Hall–Kier alpha value is -1.91. The van der Waals surface area contributed by atoms with Crippen molar-refractivity contribution in [3.8, 4) is 6.07 Å². The van der Waals surface area contributed by atoms with Gasteiger partial charge in [0.15, 0.2) is 0 Å². The predicted octanol–water partition coefficient (Wildman–Crippen LogP) is 3.18. The molecule has 1 rings (SSSR count). The van der Waals surface area contributed by atoms with Crippen molar-refractivity contribution in [1.29, 1.82) is 5.26 Å². The lowest BCUT2D eigenvalue weighted by atomic mass is 10.0. The zero-order chi connectivity index (χ0) is 13.4. The van der Waals surface area contributed by atoms with Gasteiger partial charge in [0.2, 0.25) is 0 Å². The molecule has 0 heterocycles. The zero-order valence-electron chi connectivity index (χ0n) is 7.95. The lowest BCUT2D eigenvalue weighted by molar-refractivity contribution is -0.141. The van der Waals surface area contributed by atoms with Gasteiger partial charge in [-0.1, -0.05) is 0 Å². The number of hydrogen-bond donors (Lipinski definition) is 1. The first-order chi connectivity index (χ1) is 7.57. The Kier molecular flexibility index (Phi) is 2.97. The van der Waals surface area contributed by atoms with Crippen molar-refractivity contribution in [3.63, 3.8) is 0 Å². The van der Waals surface area contributed by atoms with E-state index in [0.717, 1.165) is 0 Å². The highest BCUT2D eigenvalue weighted by Crippen LogP contribution is 2.41. The van der Waals surface area contributed by atoms with Crippen LogP contribution in [0.15, 0.2) is 12.1 Å². The standard InChI is InChI=1S/C9H4F6N2/c10-8(11,12)5-1-4(3-16)2-6(7(5)17)9(13,14)15/h1-2H,17H2. The van der Waals surface area contributed by atoms with Gasteiger partial charge in [-0.05, 0) is 12.1 Å². The first-order valence-corrected chi connectivity index (χ1v) is 4.05. The molecule has 0 aliphatic rings. The van der Waals surface area contributed by atoms with Gasteiger partial charge in [0.1, 0.15) is 0 Å². The Bertz CT molecular complexity index is 445. The molecular formula is C9H4F6N2. The summed E-state index contributed by atoms with van der Waals surface area (Å²) in [4.78, 5) is 0. The average molecular weight is 254 g/mol. The summed E-state index contributed by atoms with van der Waals surface area (Å²) in [6.07, 6.45) is -10.1. The number of hydrogen-bond acceptors (Lipinski definition) is 2. The number of rotatable bonds is 0. The summed E-state index contributed by atoms with van der Waals surface area (Å²) in [6.45, 7) is 0. The maximum absolute atomic E-state index is 12.4. The molecule has 0 aliphatic carbocycles. The van der Waals surface area contributed by atoms with Crippen LogP contribution in [0.5, 0.6) is 0 Å². The molecule has 0 fully saturated rings. The maximum atomic E-state index is 12.4. The summed E-state index contributed by atoms with van der Waals surface area (Å²) in [5, 5.41) is 8.38. The molecule has 8 heteroatoms. The van der Waals surface area contributed by atoms with Crippen molar-refractivity contribution in [2.24, 2.45) is 0 Å². The van der Waals surface area contributed by atoms with Crippen LogP contribution < -0.4 is 5.73 Å². The van der Waals surface area contributed by atoms with Crippen LogP contribution in [0.25, 0.3) is 0 Å². The minimum absolute atomic E-state index is 0.282. The highest BCUT2D eigenvalue weighted by molar-refractivity contribution is 5.60. The molecule has 1 aromatic carbocycles. The lowest BCUT2D eigenvalue weighted by Gasteiger charge is -2.16. The number of nitriles is 1. The molecule has 0 aromatic heterocycles. The number of nitrogen functional groups attached to an aromatic ring is 1. The summed E-state index contributed by atoms with van der Waals surface area (Å²) < 4.78 is 74.3. The van der Waals surface area contributed by atoms with E-state index < -0.39 is 34.7 Å². The molecular weight excluding hydrogens is 250 g/mol. The van der Waals surface area contributed by atoms with Gasteiger partial charge < -0.3 is 5.73 Å². The molecule has 0 unspecified atom stereocenters. The van der Waals surface area contributed by atoms with E-state index in [0.29, 0.717) is 0 Å². The van der Waals surface area contributed by atoms with Gasteiger partial charge in [0.25, 0.3) is 0 Å². The molecule has 0 saturated heterocycles. The summed E-state index contributed by atoms with van der Waals surface area (Å²) in [5.74, 6) is 0. The quantitative estimate of drug-likeness (QED) is 0.571. The third kappa shape index (κ3) is 2.61. The van der Waals surface area contributed by atoms with E-state index in [9.17, 15) is 26.3 Å². The van der Waals surface area contributed by atoms with Crippen LogP contribution in [-0.2, 0) is 12.4 Å². The van der Waals surface area contributed by atoms with Crippen LogP contribution in [-0.4, -0.2) is 0 Å². The predicted molar refractivity (Wildman–Crippen MR) is 45.6 cm³/mol. The number of anilines is 1. The van der Waals surface area contributed by atoms with Gasteiger partial charge in [0.05, 0.1) is 28.4 Å². The van der Waals surface area contributed by atoms with Crippen LogP contribution in [0, 0.1) is 11.3 Å². The van der Waals surface area contributed by atoms with Gasteiger partial charge in [-0.2, -0.15) is 31.6 Å². The third-order valence-corrected chi connectivity index (χ3v) is 1.92. The molecule has 0 atom stereocenters. The Morgan fingerprint density at radius 1 is 0.941 bits per heavy atom. The first-order valence-electron chi connectivity index (χ1n) is 4.05. The molecule has 0 spiro atoms. The smallest absolute Gasteiger partial charge is 0.398 e. The highest BCUT2D eigenvalue weighted by Gasteiger charge is 2.40.